The highest BCUT2D eigenvalue weighted by Gasteiger charge is 2.25. The third-order valence-electron chi connectivity index (χ3n) is 2.46. The fraction of sp³-hybridized carbons (Fsp3) is 0.167. The predicted molar refractivity (Wildman–Crippen MR) is 66.8 cm³/mol. The molecule has 1 heterocycles. The predicted octanol–water partition coefficient (Wildman–Crippen LogP) is 1.65. The Morgan fingerprint density at radius 1 is 1.48 bits per heavy atom. The Balaban J connectivity index is 2.36. The zero-order valence-corrected chi connectivity index (χ0v) is 10.5. The molecule has 1 aromatic carbocycles. The molecule has 108 valence electrons. The number of nitro benzene ring substituents is 1. The summed E-state index contributed by atoms with van der Waals surface area (Å²) in [6.45, 7) is 0.354. The minimum absolute atomic E-state index is 0.0468. The van der Waals surface area contributed by atoms with Crippen LogP contribution in [0.5, 0.6) is 0 Å². The second-order valence-corrected chi connectivity index (χ2v) is 3.83. The number of hydrogen-bond donors (Lipinski definition) is 1. The van der Waals surface area contributed by atoms with Crippen LogP contribution in [0.2, 0.25) is 0 Å². The van der Waals surface area contributed by atoms with E-state index in [1.807, 2.05) is 0 Å². The molecule has 0 amide bonds. The third-order valence-corrected chi connectivity index (χ3v) is 2.46. The first-order valence-corrected chi connectivity index (χ1v) is 5.64. The van der Waals surface area contributed by atoms with E-state index in [0.29, 0.717) is 0 Å². The maximum Gasteiger partial charge on any atom is 0.305 e. The summed E-state index contributed by atoms with van der Waals surface area (Å²) in [5.41, 5.74) is -1.58. The summed E-state index contributed by atoms with van der Waals surface area (Å²) in [5.74, 6) is -0.429. The van der Waals surface area contributed by atoms with Gasteiger partial charge in [-0.15, -0.1) is 6.42 Å². The fourth-order valence-corrected chi connectivity index (χ4v) is 1.56. The molecule has 9 heteroatoms. The molecular formula is C12H8F2N4O3. The average molecular weight is 294 g/mol. The molecule has 0 aliphatic heterocycles. The number of terminal acetylenes is 1. The number of nitrogens with zero attached hydrogens (tertiary/aromatic N) is 3. The number of nitro groups is 1. The molecule has 0 saturated heterocycles. The Morgan fingerprint density at radius 2 is 2.24 bits per heavy atom. The van der Waals surface area contributed by atoms with E-state index in [9.17, 15) is 18.9 Å². The van der Waals surface area contributed by atoms with E-state index in [4.69, 9.17) is 10.9 Å². The van der Waals surface area contributed by atoms with Crippen LogP contribution in [0.4, 0.5) is 14.5 Å². The third kappa shape index (κ3) is 3.01. The zero-order valence-electron chi connectivity index (χ0n) is 10.5. The number of hydrogen-bond acceptors (Lipinski definition) is 6. The summed E-state index contributed by atoms with van der Waals surface area (Å²) in [7, 11) is 0. The molecule has 0 fully saturated rings. The highest BCUT2D eigenvalue weighted by atomic mass is 19.1. The second kappa shape index (κ2) is 6.06. The Labute approximate surface area is 117 Å². The summed E-state index contributed by atoms with van der Waals surface area (Å²) < 4.78 is 32.4. The van der Waals surface area contributed by atoms with Crippen LogP contribution in [-0.4, -0.2) is 21.6 Å². The smallest absolute Gasteiger partial charge is 0.305 e. The maximum atomic E-state index is 13.9. The standard InChI is InChI=1S/C12H8F2N4O3/c1-2-5-15-6-9-16-12(17-21-9)10-7(13)3-4-8(11(10)14)18(19)20/h1,3-4,15H,5-6H2. The first kappa shape index (κ1) is 14.5. The summed E-state index contributed by atoms with van der Waals surface area (Å²) >= 11 is 0. The molecule has 0 bridgehead atoms. The van der Waals surface area contributed by atoms with Crippen molar-refractivity contribution < 1.29 is 18.2 Å². The van der Waals surface area contributed by atoms with E-state index >= 15 is 0 Å². The van der Waals surface area contributed by atoms with Gasteiger partial charge in [-0.05, 0) is 6.07 Å². The van der Waals surface area contributed by atoms with Crippen molar-refractivity contribution in [2.24, 2.45) is 0 Å². The highest BCUT2D eigenvalue weighted by Crippen LogP contribution is 2.29. The van der Waals surface area contributed by atoms with Crippen LogP contribution in [0.25, 0.3) is 11.4 Å². The van der Waals surface area contributed by atoms with Crippen molar-refractivity contribution >= 4 is 5.69 Å². The highest BCUT2D eigenvalue weighted by molar-refractivity contribution is 5.61. The van der Waals surface area contributed by atoms with E-state index in [1.165, 1.54) is 0 Å². The van der Waals surface area contributed by atoms with Gasteiger partial charge in [0, 0.05) is 6.07 Å². The van der Waals surface area contributed by atoms with Gasteiger partial charge in [0.15, 0.2) is 0 Å². The molecule has 0 aliphatic carbocycles. The van der Waals surface area contributed by atoms with E-state index in [1.54, 1.807) is 0 Å². The Kier molecular flexibility index (Phi) is 4.20. The van der Waals surface area contributed by atoms with Gasteiger partial charge in [0.05, 0.1) is 18.0 Å². The Morgan fingerprint density at radius 3 is 2.90 bits per heavy atom. The van der Waals surface area contributed by atoms with Gasteiger partial charge < -0.3 is 4.52 Å². The van der Waals surface area contributed by atoms with Crippen LogP contribution >= 0.6 is 0 Å². The second-order valence-electron chi connectivity index (χ2n) is 3.83. The zero-order chi connectivity index (χ0) is 15.4. The molecule has 21 heavy (non-hydrogen) atoms. The van der Waals surface area contributed by atoms with Crippen LogP contribution < -0.4 is 5.32 Å². The fourth-order valence-electron chi connectivity index (χ4n) is 1.56. The molecule has 0 aliphatic rings. The van der Waals surface area contributed by atoms with Crippen LogP contribution in [-0.2, 0) is 6.54 Å². The lowest BCUT2D eigenvalue weighted by atomic mass is 10.1. The molecule has 1 aromatic heterocycles. The first-order valence-electron chi connectivity index (χ1n) is 5.64. The number of halogens is 2. The quantitative estimate of drug-likeness (QED) is 0.390. The molecule has 0 unspecified atom stereocenters. The van der Waals surface area contributed by atoms with Gasteiger partial charge in [-0.25, -0.2) is 4.39 Å². The monoisotopic (exact) mass is 294 g/mol. The molecule has 2 aromatic rings. The van der Waals surface area contributed by atoms with Gasteiger partial charge in [-0.2, -0.15) is 9.37 Å². The minimum Gasteiger partial charge on any atom is -0.338 e. The summed E-state index contributed by atoms with van der Waals surface area (Å²) in [4.78, 5) is 13.4. The molecule has 0 spiro atoms. The largest absolute Gasteiger partial charge is 0.338 e. The van der Waals surface area contributed by atoms with Crippen molar-refractivity contribution in [2.75, 3.05) is 6.54 Å². The van der Waals surface area contributed by atoms with Crippen molar-refractivity contribution in [1.82, 2.24) is 15.5 Å². The normalized spacial score (nSPS) is 10.3. The molecule has 7 nitrogen and oxygen atoms in total. The van der Waals surface area contributed by atoms with Crippen molar-refractivity contribution in [1.29, 1.82) is 0 Å². The molecule has 0 radical (unpaired) electrons. The SMILES string of the molecule is C#CCNCc1nc(-c2c(F)ccc([N+](=O)[O-])c2F)no1. The van der Waals surface area contributed by atoms with E-state index < -0.39 is 33.6 Å². The van der Waals surface area contributed by atoms with Crippen LogP contribution in [0.1, 0.15) is 5.89 Å². The van der Waals surface area contributed by atoms with Crippen molar-refractivity contribution in [3.8, 4) is 23.7 Å². The molecular weight excluding hydrogens is 286 g/mol. The number of aromatic nitrogens is 2. The van der Waals surface area contributed by atoms with Crippen LogP contribution in [0.3, 0.4) is 0 Å². The number of benzene rings is 1. The van der Waals surface area contributed by atoms with Gasteiger partial charge in [-0.3, -0.25) is 15.4 Å². The lowest BCUT2D eigenvalue weighted by Gasteiger charge is -2.00. The van der Waals surface area contributed by atoms with Crippen LogP contribution in [0.15, 0.2) is 16.7 Å². The lowest BCUT2D eigenvalue weighted by Crippen LogP contribution is -2.13. The molecule has 0 saturated carbocycles. The van der Waals surface area contributed by atoms with Crippen LogP contribution in [0, 0.1) is 34.1 Å². The number of nitrogens with one attached hydrogen (secondary N) is 1. The average Bonchev–Trinajstić information content (AvgIpc) is 2.87. The minimum atomic E-state index is -1.36. The summed E-state index contributed by atoms with van der Waals surface area (Å²) in [6, 6.07) is 1.49. The molecule has 2 rings (SSSR count). The topological polar surface area (TPSA) is 94.1 Å². The Bertz CT molecular complexity index is 724. The summed E-state index contributed by atoms with van der Waals surface area (Å²) in [5, 5.41) is 16.8. The number of rotatable bonds is 5. The van der Waals surface area contributed by atoms with Gasteiger partial charge in [0.2, 0.25) is 17.5 Å². The van der Waals surface area contributed by atoms with Crippen molar-refractivity contribution in [3.05, 3.63) is 39.8 Å². The maximum absolute atomic E-state index is 13.9. The van der Waals surface area contributed by atoms with E-state index in [2.05, 4.69) is 21.4 Å². The Hall–Kier alpha value is -2.86. The molecule has 1 N–H and O–H groups in total. The van der Waals surface area contributed by atoms with Gasteiger partial charge >= 0.3 is 5.69 Å². The van der Waals surface area contributed by atoms with E-state index in [-0.39, 0.29) is 19.0 Å². The van der Waals surface area contributed by atoms with Crippen molar-refractivity contribution in [2.45, 2.75) is 6.54 Å². The first-order chi connectivity index (χ1) is 10.0. The van der Waals surface area contributed by atoms with E-state index in [0.717, 1.165) is 12.1 Å². The lowest BCUT2D eigenvalue weighted by molar-refractivity contribution is -0.387. The summed E-state index contributed by atoms with van der Waals surface area (Å²) in [6.07, 6.45) is 5.03. The van der Waals surface area contributed by atoms with Gasteiger partial charge in [0.1, 0.15) is 11.4 Å². The van der Waals surface area contributed by atoms with Gasteiger partial charge in [0.25, 0.3) is 0 Å². The molecule has 0 atom stereocenters. The van der Waals surface area contributed by atoms with Gasteiger partial charge in [-0.1, -0.05) is 11.1 Å². The van der Waals surface area contributed by atoms with Crippen molar-refractivity contribution in [3.63, 3.8) is 0 Å².